The van der Waals surface area contributed by atoms with E-state index in [9.17, 15) is 4.79 Å². The minimum atomic E-state index is -0.236. The van der Waals surface area contributed by atoms with Crippen molar-refractivity contribution in [2.75, 3.05) is 23.8 Å². The Labute approximate surface area is 167 Å². The number of aromatic nitrogens is 1. The first-order valence-corrected chi connectivity index (χ1v) is 9.21. The third-order valence-electron chi connectivity index (χ3n) is 4.24. The average Bonchev–Trinajstić information content (AvgIpc) is 2.73. The summed E-state index contributed by atoms with van der Waals surface area (Å²) < 4.78 is 11.0. The molecule has 1 amide bonds. The second kappa shape index (κ2) is 8.19. The van der Waals surface area contributed by atoms with Crippen molar-refractivity contribution in [3.8, 4) is 11.5 Å². The first kappa shape index (κ1) is 18.1. The van der Waals surface area contributed by atoms with E-state index in [-0.39, 0.29) is 5.91 Å². The smallest absolute Gasteiger partial charge is 0.255 e. The van der Waals surface area contributed by atoms with Crippen LogP contribution in [0.2, 0.25) is 5.02 Å². The number of halogens is 1. The highest BCUT2D eigenvalue weighted by Gasteiger charge is 2.14. The summed E-state index contributed by atoms with van der Waals surface area (Å²) in [7, 11) is 0. The molecule has 28 heavy (non-hydrogen) atoms. The maximum absolute atomic E-state index is 12.6. The number of amides is 1. The number of fused-ring (bicyclic) bond motifs is 1. The molecule has 2 aromatic carbocycles. The highest BCUT2D eigenvalue weighted by Crippen LogP contribution is 2.32. The van der Waals surface area contributed by atoms with Gasteiger partial charge in [0, 0.05) is 35.1 Å². The monoisotopic (exact) mass is 395 g/mol. The molecule has 2 N–H and O–H groups in total. The number of nitrogens with zero attached hydrogens (tertiary/aromatic N) is 1. The van der Waals surface area contributed by atoms with Crippen molar-refractivity contribution in [1.29, 1.82) is 0 Å². The summed E-state index contributed by atoms with van der Waals surface area (Å²) in [5, 5.41) is 6.74. The van der Waals surface area contributed by atoms with Crippen LogP contribution < -0.4 is 20.1 Å². The van der Waals surface area contributed by atoms with Crippen molar-refractivity contribution in [3.05, 3.63) is 76.9 Å². The van der Waals surface area contributed by atoms with Crippen molar-refractivity contribution in [2.45, 2.75) is 6.54 Å². The third-order valence-corrected chi connectivity index (χ3v) is 4.61. The minimum Gasteiger partial charge on any atom is -0.486 e. The molecule has 1 aliphatic heterocycles. The summed E-state index contributed by atoms with van der Waals surface area (Å²) in [6.45, 7) is 1.54. The molecule has 0 bridgehead atoms. The van der Waals surface area contributed by atoms with E-state index in [1.54, 1.807) is 36.5 Å². The predicted molar refractivity (Wildman–Crippen MR) is 108 cm³/mol. The molecule has 142 valence electrons. The maximum atomic E-state index is 12.6. The molecule has 0 atom stereocenters. The van der Waals surface area contributed by atoms with Gasteiger partial charge in [0.25, 0.3) is 5.91 Å². The second-order valence-electron chi connectivity index (χ2n) is 6.19. The predicted octanol–water partition coefficient (Wildman–Crippen LogP) is 4.37. The van der Waals surface area contributed by atoms with Gasteiger partial charge in [-0.3, -0.25) is 4.79 Å². The van der Waals surface area contributed by atoms with Gasteiger partial charge in [0.15, 0.2) is 11.5 Å². The van der Waals surface area contributed by atoms with Gasteiger partial charge in [0.2, 0.25) is 0 Å². The topological polar surface area (TPSA) is 72.5 Å². The zero-order valence-corrected chi connectivity index (χ0v) is 15.7. The molecular formula is C21H18ClN3O3. The van der Waals surface area contributed by atoms with Gasteiger partial charge in [0.05, 0.1) is 0 Å². The largest absolute Gasteiger partial charge is 0.486 e. The average molecular weight is 396 g/mol. The SMILES string of the molecule is O=C(Nc1ccc2c(c1)OCCO2)c1ccnc(NCc2ccccc2Cl)c1. The molecule has 1 aliphatic rings. The molecular weight excluding hydrogens is 378 g/mol. The van der Waals surface area contributed by atoms with Crippen LogP contribution in [0.15, 0.2) is 60.8 Å². The lowest BCUT2D eigenvalue weighted by Gasteiger charge is -2.19. The third kappa shape index (κ3) is 4.18. The van der Waals surface area contributed by atoms with E-state index in [2.05, 4.69) is 15.6 Å². The summed E-state index contributed by atoms with van der Waals surface area (Å²) in [6.07, 6.45) is 1.59. The molecule has 0 saturated carbocycles. The Morgan fingerprint density at radius 1 is 1.04 bits per heavy atom. The van der Waals surface area contributed by atoms with Crippen molar-refractivity contribution >= 4 is 29.0 Å². The Morgan fingerprint density at radius 3 is 2.71 bits per heavy atom. The molecule has 6 nitrogen and oxygen atoms in total. The van der Waals surface area contributed by atoms with Gasteiger partial charge < -0.3 is 20.1 Å². The maximum Gasteiger partial charge on any atom is 0.255 e. The van der Waals surface area contributed by atoms with Crippen LogP contribution in [-0.2, 0) is 6.54 Å². The van der Waals surface area contributed by atoms with Gasteiger partial charge in [0.1, 0.15) is 19.0 Å². The van der Waals surface area contributed by atoms with E-state index in [0.717, 1.165) is 5.56 Å². The summed E-state index contributed by atoms with van der Waals surface area (Å²) in [6, 6.07) is 16.3. The van der Waals surface area contributed by atoms with Crippen LogP contribution in [0, 0.1) is 0 Å². The van der Waals surface area contributed by atoms with Gasteiger partial charge in [-0.2, -0.15) is 0 Å². The molecule has 0 unspecified atom stereocenters. The molecule has 0 spiro atoms. The molecule has 0 aliphatic carbocycles. The van der Waals surface area contributed by atoms with E-state index in [1.165, 1.54) is 0 Å². The van der Waals surface area contributed by atoms with Crippen LogP contribution in [0.4, 0.5) is 11.5 Å². The van der Waals surface area contributed by atoms with Crippen molar-refractivity contribution in [1.82, 2.24) is 4.98 Å². The fourth-order valence-electron chi connectivity index (χ4n) is 2.82. The second-order valence-corrected chi connectivity index (χ2v) is 6.59. The fraction of sp³-hybridized carbons (Fsp3) is 0.143. The van der Waals surface area contributed by atoms with E-state index in [0.29, 0.717) is 53.3 Å². The summed E-state index contributed by atoms with van der Waals surface area (Å²) in [5.41, 5.74) is 2.08. The molecule has 0 saturated heterocycles. The lowest BCUT2D eigenvalue weighted by molar-refractivity contribution is 0.102. The van der Waals surface area contributed by atoms with Gasteiger partial charge in [-0.25, -0.2) is 4.98 Å². The highest BCUT2D eigenvalue weighted by atomic mass is 35.5. The number of nitrogens with one attached hydrogen (secondary N) is 2. The number of ether oxygens (including phenoxy) is 2. The fourth-order valence-corrected chi connectivity index (χ4v) is 3.02. The lowest BCUT2D eigenvalue weighted by atomic mass is 10.2. The highest BCUT2D eigenvalue weighted by molar-refractivity contribution is 6.31. The Kier molecular flexibility index (Phi) is 5.30. The Morgan fingerprint density at radius 2 is 1.86 bits per heavy atom. The van der Waals surface area contributed by atoms with Crippen molar-refractivity contribution in [2.24, 2.45) is 0 Å². The molecule has 0 fully saturated rings. The number of benzene rings is 2. The van der Waals surface area contributed by atoms with E-state index < -0.39 is 0 Å². The number of anilines is 2. The summed E-state index contributed by atoms with van der Waals surface area (Å²) in [4.78, 5) is 16.9. The van der Waals surface area contributed by atoms with Gasteiger partial charge >= 0.3 is 0 Å². The molecule has 3 aromatic rings. The Balaban J connectivity index is 1.43. The van der Waals surface area contributed by atoms with Crippen LogP contribution in [-0.4, -0.2) is 24.1 Å². The number of rotatable bonds is 5. The van der Waals surface area contributed by atoms with Gasteiger partial charge in [-0.15, -0.1) is 0 Å². The first-order chi connectivity index (χ1) is 13.7. The minimum absolute atomic E-state index is 0.236. The Hall–Kier alpha value is -3.25. The normalized spacial score (nSPS) is 12.3. The molecule has 2 heterocycles. The van der Waals surface area contributed by atoms with Gasteiger partial charge in [-0.05, 0) is 35.9 Å². The van der Waals surface area contributed by atoms with Crippen LogP contribution in [0.1, 0.15) is 15.9 Å². The van der Waals surface area contributed by atoms with E-state index >= 15 is 0 Å². The summed E-state index contributed by atoms with van der Waals surface area (Å²) in [5.74, 6) is 1.66. The lowest BCUT2D eigenvalue weighted by Crippen LogP contribution is -2.16. The van der Waals surface area contributed by atoms with E-state index in [4.69, 9.17) is 21.1 Å². The molecule has 7 heteroatoms. The number of hydrogen-bond acceptors (Lipinski definition) is 5. The molecule has 0 radical (unpaired) electrons. The van der Waals surface area contributed by atoms with Crippen LogP contribution in [0.25, 0.3) is 0 Å². The number of carbonyl (C=O) groups is 1. The van der Waals surface area contributed by atoms with Gasteiger partial charge in [-0.1, -0.05) is 29.8 Å². The first-order valence-electron chi connectivity index (χ1n) is 8.83. The molecule has 1 aromatic heterocycles. The van der Waals surface area contributed by atoms with Crippen LogP contribution in [0.3, 0.4) is 0 Å². The summed E-state index contributed by atoms with van der Waals surface area (Å²) >= 11 is 6.17. The van der Waals surface area contributed by atoms with Crippen molar-refractivity contribution < 1.29 is 14.3 Å². The molecule has 4 rings (SSSR count). The van der Waals surface area contributed by atoms with E-state index in [1.807, 2.05) is 24.3 Å². The number of hydrogen-bond donors (Lipinski definition) is 2. The standard InChI is InChI=1S/C21H18ClN3O3/c22-17-4-2-1-3-15(17)13-24-20-11-14(7-8-23-20)21(26)25-16-5-6-18-19(12-16)28-10-9-27-18/h1-8,11-12H,9-10,13H2,(H,23,24)(H,25,26). The number of carbonyl (C=O) groups excluding carboxylic acids is 1. The van der Waals surface area contributed by atoms with Crippen LogP contribution in [0.5, 0.6) is 11.5 Å². The zero-order chi connectivity index (χ0) is 19.3. The van der Waals surface area contributed by atoms with Crippen molar-refractivity contribution in [3.63, 3.8) is 0 Å². The zero-order valence-electron chi connectivity index (χ0n) is 14.9. The number of pyridine rings is 1. The Bertz CT molecular complexity index is 1010. The van der Waals surface area contributed by atoms with Crippen LogP contribution >= 0.6 is 11.6 Å². The quantitative estimate of drug-likeness (QED) is 0.671.